The molecule has 0 spiro atoms. The summed E-state index contributed by atoms with van der Waals surface area (Å²) < 4.78 is 18.8. The van der Waals surface area contributed by atoms with Crippen LogP contribution in [-0.2, 0) is 4.79 Å². The summed E-state index contributed by atoms with van der Waals surface area (Å²) in [5.41, 5.74) is 4.44. The van der Waals surface area contributed by atoms with Crippen molar-refractivity contribution in [1.82, 2.24) is 10.4 Å². The lowest BCUT2D eigenvalue weighted by molar-refractivity contribution is -0.118. The smallest absolute Gasteiger partial charge is 0.250 e. The average molecular weight is 383 g/mol. The second-order valence-electron chi connectivity index (χ2n) is 5.75. The number of ether oxygens (including phenoxy) is 1. The SMILES string of the molecule is COc1ccc2nc(C)cc(SCC(=O)N/N=C\c3ccccc3F)c2c1. The van der Waals surface area contributed by atoms with Gasteiger partial charge in [0, 0.05) is 21.5 Å². The quantitative estimate of drug-likeness (QED) is 0.398. The van der Waals surface area contributed by atoms with E-state index in [2.05, 4.69) is 15.5 Å². The molecule has 0 saturated heterocycles. The van der Waals surface area contributed by atoms with Crippen LogP contribution in [0.3, 0.4) is 0 Å². The van der Waals surface area contributed by atoms with Gasteiger partial charge in [-0.3, -0.25) is 9.78 Å². The molecule has 7 heteroatoms. The number of benzene rings is 2. The summed E-state index contributed by atoms with van der Waals surface area (Å²) in [6.45, 7) is 1.91. The first kappa shape index (κ1) is 18.8. The Bertz CT molecular complexity index is 1010. The fraction of sp³-hybridized carbons (Fsp3) is 0.150. The van der Waals surface area contributed by atoms with Crippen LogP contribution in [0.5, 0.6) is 5.75 Å². The Morgan fingerprint density at radius 2 is 2.11 bits per heavy atom. The molecule has 27 heavy (non-hydrogen) atoms. The van der Waals surface area contributed by atoms with Crippen LogP contribution in [0.4, 0.5) is 4.39 Å². The van der Waals surface area contributed by atoms with Gasteiger partial charge in [0.25, 0.3) is 0 Å². The molecule has 0 saturated carbocycles. The monoisotopic (exact) mass is 383 g/mol. The van der Waals surface area contributed by atoms with E-state index in [0.717, 1.165) is 27.2 Å². The summed E-state index contributed by atoms with van der Waals surface area (Å²) >= 11 is 1.39. The standard InChI is InChI=1S/C20H18FN3O2S/c1-13-9-19(16-10-15(26-2)7-8-18(16)23-13)27-12-20(25)24-22-11-14-5-3-4-6-17(14)21/h3-11H,12H2,1-2H3,(H,24,25)/b22-11-. The third-order valence-electron chi connectivity index (χ3n) is 3.76. The van der Waals surface area contributed by atoms with E-state index in [-0.39, 0.29) is 11.7 Å². The highest BCUT2D eigenvalue weighted by Crippen LogP contribution is 2.30. The van der Waals surface area contributed by atoms with Crippen molar-refractivity contribution in [3.63, 3.8) is 0 Å². The summed E-state index contributed by atoms with van der Waals surface area (Å²) in [4.78, 5) is 17.5. The van der Waals surface area contributed by atoms with Gasteiger partial charge in [0.15, 0.2) is 0 Å². The van der Waals surface area contributed by atoms with Gasteiger partial charge in [-0.2, -0.15) is 5.10 Å². The molecule has 0 bridgehead atoms. The van der Waals surface area contributed by atoms with Crippen molar-refractivity contribution >= 4 is 34.8 Å². The van der Waals surface area contributed by atoms with E-state index >= 15 is 0 Å². The van der Waals surface area contributed by atoms with E-state index in [9.17, 15) is 9.18 Å². The van der Waals surface area contributed by atoms with E-state index in [1.165, 1.54) is 24.0 Å². The number of carbonyl (C=O) groups excluding carboxylic acids is 1. The highest BCUT2D eigenvalue weighted by Gasteiger charge is 2.09. The maximum absolute atomic E-state index is 13.5. The topological polar surface area (TPSA) is 63.6 Å². The molecule has 0 aliphatic rings. The Hall–Kier alpha value is -2.93. The summed E-state index contributed by atoms with van der Waals surface area (Å²) in [7, 11) is 1.61. The van der Waals surface area contributed by atoms with Gasteiger partial charge in [0.1, 0.15) is 11.6 Å². The lowest BCUT2D eigenvalue weighted by atomic mass is 10.2. The van der Waals surface area contributed by atoms with Crippen LogP contribution in [0.2, 0.25) is 0 Å². The normalized spacial score (nSPS) is 11.1. The Balaban J connectivity index is 1.67. The van der Waals surface area contributed by atoms with Crippen molar-refractivity contribution in [2.45, 2.75) is 11.8 Å². The second-order valence-corrected chi connectivity index (χ2v) is 6.77. The van der Waals surface area contributed by atoms with Gasteiger partial charge in [-0.15, -0.1) is 11.8 Å². The molecule has 0 unspecified atom stereocenters. The molecule has 3 aromatic rings. The lowest BCUT2D eigenvalue weighted by Gasteiger charge is -2.09. The fourth-order valence-electron chi connectivity index (χ4n) is 2.48. The Morgan fingerprint density at radius 3 is 2.89 bits per heavy atom. The second kappa shape index (κ2) is 8.64. The van der Waals surface area contributed by atoms with Crippen molar-refractivity contribution in [3.05, 3.63) is 65.6 Å². The molecule has 1 heterocycles. The van der Waals surface area contributed by atoms with Gasteiger partial charge < -0.3 is 4.74 Å². The number of carbonyl (C=O) groups is 1. The number of amides is 1. The van der Waals surface area contributed by atoms with Gasteiger partial charge in [-0.1, -0.05) is 18.2 Å². The van der Waals surface area contributed by atoms with Crippen LogP contribution in [0, 0.1) is 12.7 Å². The van der Waals surface area contributed by atoms with Gasteiger partial charge in [0.05, 0.1) is 24.6 Å². The Kier molecular flexibility index (Phi) is 6.03. The number of nitrogens with one attached hydrogen (secondary N) is 1. The molecule has 138 valence electrons. The molecule has 2 aromatic carbocycles. The largest absolute Gasteiger partial charge is 0.497 e. The number of hydrogen-bond donors (Lipinski definition) is 1. The number of methoxy groups -OCH3 is 1. The predicted octanol–water partition coefficient (Wildman–Crippen LogP) is 3.93. The molecule has 0 fully saturated rings. The van der Waals surface area contributed by atoms with Crippen LogP contribution >= 0.6 is 11.8 Å². The molecule has 1 N–H and O–H groups in total. The van der Waals surface area contributed by atoms with Crippen LogP contribution in [0.25, 0.3) is 10.9 Å². The minimum absolute atomic E-state index is 0.171. The number of hydrazone groups is 1. The molecular weight excluding hydrogens is 365 g/mol. The molecular formula is C20H18FN3O2S. The molecule has 0 radical (unpaired) electrons. The maximum Gasteiger partial charge on any atom is 0.250 e. The van der Waals surface area contributed by atoms with Gasteiger partial charge >= 0.3 is 0 Å². The highest BCUT2D eigenvalue weighted by molar-refractivity contribution is 8.00. The minimum atomic E-state index is -0.391. The zero-order valence-corrected chi connectivity index (χ0v) is 15.7. The van der Waals surface area contributed by atoms with Crippen LogP contribution < -0.4 is 10.2 Å². The first-order chi connectivity index (χ1) is 13.1. The number of nitrogens with zero attached hydrogens (tertiary/aromatic N) is 2. The Labute approximate surface area is 160 Å². The number of pyridine rings is 1. The summed E-state index contributed by atoms with van der Waals surface area (Å²) in [6.07, 6.45) is 1.29. The first-order valence-corrected chi connectivity index (χ1v) is 9.20. The van der Waals surface area contributed by atoms with Crippen LogP contribution in [-0.4, -0.2) is 30.0 Å². The van der Waals surface area contributed by atoms with Crippen molar-refractivity contribution in [1.29, 1.82) is 0 Å². The molecule has 1 aromatic heterocycles. The number of fused-ring (bicyclic) bond motifs is 1. The van der Waals surface area contributed by atoms with Crippen molar-refractivity contribution in [2.24, 2.45) is 5.10 Å². The highest BCUT2D eigenvalue weighted by atomic mass is 32.2. The zero-order valence-electron chi connectivity index (χ0n) is 14.9. The lowest BCUT2D eigenvalue weighted by Crippen LogP contribution is -2.19. The number of aryl methyl sites for hydroxylation is 1. The molecule has 1 amide bonds. The van der Waals surface area contributed by atoms with Gasteiger partial charge in [-0.25, -0.2) is 9.82 Å². The number of rotatable bonds is 6. The van der Waals surface area contributed by atoms with Gasteiger partial charge in [-0.05, 0) is 37.3 Å². The van der Waals surface area contributed by atoms with Crippen molar-refractivity contribution < 1.29 is 13.9 Å². The summed E-state index contributed by atoms with van der Waals surface area (Å²) in [6, 6.07) is 13.8. The number of aromatic nitrogens is 1. The zero-order chi connectivity index (χ0) is 19.2. The summed E-state index contributed by atoms with van der Waals surface area (Å²) in [5.74, 6) is 0.231. The summed E-state index contributed by atoms with van der Waals surface area (Å²) in [5, 5.41) is 4.74. The molecule has 5 nitrogen and oxygen atoms in total. The first-order valence-electron chi connectivity index (χ1n) is 8.21. The van der Waals surface area contributed by atoms with E-state index in [1.807, 2.05) is 31.2 Å². The molecule has 0 aliphatic carbocycles. The van der Waals surface area contributed by atoms with Crippen molar-refractivity contribution in [3.8, 4) is 5.75 Å². The van der Waals surface area contributed by atoms with Crippen LogP contribution in [0.15, 0.2) is 58.5 Å². The molecule has 3 rings (SSSR count). The molecule has 0 atom stereocenters. The van der Waals surface area contributed by atoms with Gasteiger partial charge in [0.2, 0.25) is 5.91 Å². The predicted molar refractivity (Wildman–Crippen MR) is 106 cm³/mol. The van der Waals surface area contributed by atoms with Crippen molar-refractivity contribution in [2.75, 3.05) is 12.9 Å². The van der Waals surface area contributed by atoms with Crippen LogP contribution in [0.1, 0.15) is 11.3 Å². The average Bonchev–Trinajstić information content (AvgIpc) is 2.67. The number of hydrogen-bond acceptors (Lipinski definition) is 5. The number of halogens is 1. The third-order valence-corrected chi connectivity index (χ3v) is 4.82. The minimum Gasteiger partial charge on any atom is -0.497 e. The maximum atomic E-state index is 13.5. The van der Waals surface area contributed by atoms with E-state index in [0.29, 0.717) is 5.56 Å². The number of thioether (sulfide) groups is 1. The van der Waals surface area contributed by atoms with E-state index in [1.54, 1.807) is 25.3 Å². The van der Waals surface area contributed by atoms with E-state index < -0.39 is 5.82 Å². The molecule has 0 aliphatic heterocycles. The Morgan fingerprint density at radius 1 is 1.30 bits per heavy atom. The third kappa shape index (κ3) is 4.83. The fourth-order valence-corrected chi connectivity index (χ4v) is 3.40. The van der Waals surface area contributed by atoms with E-state index in [4.69, 9.17) is 4.74 Å².